The lowest BCUT2D eigenvalue weighted by Crippen LogP contribution is -2.29. The molecule has 3 heteroatoms. The van der Waals surface area contributed by atoms with E-state index in [1.54, 1.807) is 30.3 Å². The Labute approximate surface area is 105 Å². The van der Waals surface area contributed by atoms with Crippen LogP contribution in [0.15, 0.2) is 48.5 Å². The molecule has 2 aromatic rings. The van der Waals surface area contributed by atoms with Crippen LogP contribution < -0.4 is 4.74 Å². The molecule has 3 rings (SSSR count). The molecule has 2 aromatic carbocycles. The Kier molecular flexibility index (Phi) is 2.42. The van der Waals surface area contributed by atoms with Crippen molar-refractivity contribution in [1.29, 1.82) is 0 Å². The number of fused-ring (bicyclic) bond motifs is 2. The number of ether oxygens (including phenoxy) is 1. The second-order valence-corrected chi connectivity index (χ2v) is 4.33. The Morgan fingerprint density at radius 2 is 1.72 bits per heavy atom. The number of para-hydroxylation sites is 1. The molecule has 90 valence electrons. The van der Waals surface area contributed by atoms with E-state index >= 15 is 0 Å². The molecule has 18 heavy (non-hydrogen) atoms. The number of hydrogen-bond acceptors (Lipinski definition) is 3. The number of aliphatic hydroxyl groups is 1. The van der Waals surface area contributed by atoms with E-state index in [0.717, 1.165) is 5.56 Å². The summed E-state index contributed by atoms with van der Waals surface area (Å²) in [5, 5.41) is 10.7. The van der Waals surface area contributed by atoms with Gasteiger partial charge in [0.05, 0.1) is 0 Å². The van der Waals surface area contributed by atoms with Crippen molar-refractivity contribution in [2.24, 2.45) is 0 Å². The molecule has 1 heterocycles. The molecule has 3 nitrogen and oxygen atoms in total. The standard InChI is InChI=1S/C15H12O3/c16-10-15(17)12-6-2-1-5-11(12)9-18-14-8-4-3-7-13(14)15/h1-8,10,17H,9H2. The van der Waals surface area contributed by atoms with Gasteiger partial charge < -0.3 is 9.84 Å². The lowest BCUT2D eigenvalue weighted by Gasteiger charge is -2.23. The van der Waals surface area contributed by atoms with Gasteiger partial charge >= 0.3 is 0 Å². The molecule has 1 atom stereocenters. The van der Waals surface area contributed by atoms with Crippen molar-refractivity contribution in [1.82, 2.24) is 0 Å². The highest BCUT2D eigenvalue weighted by Crippen LogP contribution is 2.38. The zero-order chi connectivity index (χ0) is 12.6. The fourth-order valence-electron chi connectivity index (χ4n) is 2.35. The monoisotopic (exact) mass is 240 g/mol. The summed E-state index contributed by atoms with van der Waals surface area (Å²) in [6.07, 6.45) is 0.569. The molecule has 0 spiro atoms. The van der Waals surface area contributed by atoms with Crippen molar-refractivity contribution in [2.75, 3.05) is 0 Å². The zero-order valence-electron chi connectivity index (χ0n) is 9.67. The summed E-state index contributed by atoms with van der Waals surface area (Å²) in [6.45, 7) is 0.351. The minimum Gasteiger partial charge on any atom is -0.488 e. The summed E-state index contributed by atoms with van der Waals surface area (Å²) in [5.41, 5.74) is 0.266. The normalized spacial score (nSPS) is 21.2. The first kappa shape index (κ1) is 11.0. The molecule has 1 aliphatic rings. The van der Waals surface area contributed by atoms with Gasteiger partial charge in [-0.15, -0.1) is 0 Å². The van der Waals surface area contributed by atoms with Crippen LogP contribution in [0, 0.1) is 0 Å². The fourth-order valence-corrected chi connectivity index (χ4v) is 2.35. The van der Waals surface area contributed by atoms with Crippen molar-refractivity contribution in [3.05, 3.63) is 65.2 Å². The molecule has 0 bridgehead atoms. The highest BCUT2D eigenvalue weighted by atomic mass is 16.5. The first-order valence-corrected chi connectivity index (χ1v) is 5.75. The van der Waals surface area contributed by atoms with Crippen LogP contribution in [0.3, 0.4) is 0 Å². The Morgan fingerprint density at radius 1 is 1.06 bits per heavy atom. The van der Waals surface area contributed by atoms with E-state index in [-0.39, 0.29) is 0 Å². The smallest absolute Gasteiger partial charge is 0.174 e. The number of aldehydes is 1. The van der Waals surface area contributed by atoms with Gasteiger partial charge in [-0.3, -0.25) is 4.79 Å². The van der Waals surface area contributed by atoms with Crippen LogP contribution in [0.2, 0.25) is 0 Å². The maximum atomic E-state index is 11.5. The molecule has 0 aromatic heterocycles. The average molecular weight is 240 g/mol. The van der Waals surface area contributed by atoms with Crippen molar-refractivity contribution < 1.29 is 14.6 Å². The van der Waals surface area contributed by atoms with E-state index < -0.39 is 5.60 Å². The number of carbonyl (C=O) groups is 1. The Bertz CT molecular complexity index is 557. The first-order chi connectivity index (χ1) is 8.75. The maximum Gasteiger partial charge on any atom is 0.174 e. The molecule has 0 aliphatic carbocycles. The Balaban J connectivity index is 2.32. The van der Waals surface area contributed by atoms with E-state index in [9.17, 15) is 9.90 Å². The maximum absolute atomic E-state index is 11.5. The molecule has 0 saturated carbocycles. The van der Waals surface area contributed by atoms with Crippen LogP contribution >= 0.6 is 0 Å². The Morgan fingerprint density at radius 3 is 2.50 bits per heavy atom. The molecule has 0 radical (unpaired) electrons. The summed E-state index contributed by atoms with van der Waals surface area (Å²) in [6, 6.07) is 14.4. The quantitative estimate of drug-likeness (QED) is 0.776. The second kappa shape index (κ2) is 3.96. The number of benzene rings is 2. The summed E-state index contributed by atoms with van der Waals surface area (Å²) in [7, 11) is 0. The SMILES string of the molecule is O=CC1(O)c2ccccc2COc2ccccc21. The molecule has 1 N–H and O–H groups in total. The predicted octanol–water partition coefficient (Wildman–Crippen LogP) is 2.01. The largest absolute Gasteiger partial charge is 0.488 e. The molecule has 0 fully saturated rings. The van der Waals surface area contributed by atoms with Gasteiger partial charge in [0.25, 0.3) is 0 Å². The fraction of sp³-hybridized carbons (Fsp3) is 0.133. The third-order valence-corrected chi connectivity index (χ3v) is 3.28. The third-order valence-electron chi connectivity index (χ3n) is 3.28. The zero-order valence-corrected chi connectivity index (χ0v) is 9.67. The van der Waals surface area contributed by atoms with Crippen LogP contribution in [0.25, 0.3) is 0 Å². The molecular formula is C15H12O3. The summed E-state index contributed by atoms with van der Waals surface area (Å²) >= 11 is 0. The summed E-state index contributed by atoms with van der Waals surface area (Å²) in [4.78, 5) is 11.5. The third kappa shape index (κ3) is 1.45. The van der Waals surface area contributed by atoms with Crippen LogP contribution in [0.1, 0.15) is 16.7 Å². The van der Waals surface area contributed by atoms with E-state index in [0.29, 0.717) is 29.8 Å². The van der Waals surface area contributed by atoms with Crippen molar-refractivity contribution in [2.45, 2.75) is 12.2 Å². The molecule has 0 saturated heterocycles. The van der Waals surface area contributed by atoms with Gasteiger partial charge in [-0.05, 0) is 11.6 Å². The second-order valence-electron chi connectivity index (χ2n) is 4.33. The van der Waals surface area contributed by atoms with E-state index in [1.807, 2.05) is 18.2 Å². The van der Waals surface area contributed by atoms with Gasteiger partial charge in [0.15, 0.2) is 11.9 Å². The average Bonchev–Trinajstić information content (AvgIpc) is 2.56. The van der Waals surface area contributed by atoms with Gasteiger partial charge in [0.1, 0.15) is 12.4 Å². The van der Waals surface area contributed by atoms with Crippen LogP contribution in [0.4, 0.5) is 0 Å². The van der Waals surface area contributed by atoms with Crippen LogP contribution in [-0.2, 0) is 17.0 Å². The topological polar surface area (TPSA) is 46.5 Å². The van der Waals surface area contributed by atoms with Gasteiger partial charge in [-0.25, -0.2) is 0 Å². The Hall–Kier alpha value is -2.13. The van der Waals surface area contributed by atoms with Gasteiger partial charge in [0, 0.05) is 11.1 Å². The lowest BCUT2D eigenvalue weighted by molar-refractivity contribution is -0.121. The highest BCUT2D eigenvalue weighted by molar-refractivity contribution is 5.75. The van der Waals surface area contributed by atoms with Gasteiger partial charge in [0.2, 0.25) is 0 Å². The number of rotatable bonds is 1. The predicted molar refractivity (Wildman–Crippen MR) is 66.3 cm³/mol. The van der Waals surface area contributed by atoms with Crippen molar-refractivity contribution in [3.8, 4) is 5.75 Å². The summed E-state index contributed by atoms with van der Waals surface area (Å²) < 4.78 is 5.65. The van der Waals surface area contributed by atoms with Gasteiger partial charge in [-0.2, -0.15) is 0 Å². The lowest BCUT2D eigenvalue weighted by atomic mass is 9.85. The van der Waals surface area contributed by atoms with Gasteiger partial charge in [-0.1, -0.05) is 42.5 Å². The number of carbonyl (C=O) groups excluding carboxylic acids is 1. The minimum atomic E-state index is -1.64. The van der Waals surface area contributed by atoms with Crippen LogP contribution in [-0.4, -0.2) is 11.4 Å². The van der Waals surface area contributed by atoms with Crippen molar-refractivity contribution >= 4 is 6.29 Å². The molecule has 1 aliphatic heterocycles. The molecular weight excluding hydrogens is 228 g/mol. The highest BCUT2D eigenvalue weighted by Gasteiger charge is 2.37. The molecule has 0 amide bonds. The van der Waals surface area contributed by atoms with Crippen LogP contribution in [0.5, 0.6) is 5.75 Å². The van der Waals surface area contributed by atoms with Crippen molar-refractivity contribution in [3.63, 3.8) is 0 Å². The number of hydrogen-bond donors (Lipinski definition) is 1. The van der Waals surface area contributed by atoms with E-state index in [4.69, 9.17) is 4.74 Å². The first-order valence-electron chi connectivity index (χ1n) is 5.75. The molecule has 1 unspecified atom stereocenters. The summed E-state index contributed by atoms with van der Waals surface area (Å²) in [5.74, 6) is 0.545. The minimum absolute atomic E-state index is 0.351. The van der Waals surface area contributed by atoms with E-state index in [2.05, 4.69) is 0 Å². The van der Waals surface area contributed by atoms with E-state index in [1.165, 1.54) is 0 Å².